The number of benzene rings is 2. The molecule has 0 aliphatic carbocycles. The summed E-state index contributed by atoms with van der Waals surface area (Å²) in [4.78, 5) is 21.7. The number of ether oxygens (including phenoxy) is 3. The van der Waals surface area contributed by atoms with Gasteiger partial charge in [0.25, 0.3) is 0 Å². The highest BCUT2D eigenvalue weighted by molar-refractivity contribution is 6.12. The second-order valence-electron chi connectivity index (χ2n) is 6.56. The van der Waals surface area contributed by atoms with Crippen LogP contribution in [-0.4, -0.2) is 46.9 Å². The Hall–Kier alpha value is -4.20. The van der Waals surface area contributed by atoms with Crippen LogP contribution >= 0.6 is 0 Å². The van der Waals surface area contributed by atoms with E-state index in [4.69, 9.17) is 14.2 Å². The van der Waals surface area contributed by atoms with Gasteiger partial charge in [-0.15, -0.1) is 0 Å². The minimum absolute atomic E-state index is 0.220. The Morgan fingerprint density at radius 1 is 0.903 bits per heavy atom. The molecule has 8 nitrogen and oxygen atoms in total. The first-order valence-electron chi connectivity index (χ1n) is 9.40. The Morgan fingerprint density at radius 2 is 1.68 bits per heavy atom. The van der Waals surface area contributed by atoms with Crippen LogP contribution < -0.4 is 14.2 Å². The van der Waals surface area contributed by atoms with Crippen molar-refractivity contribution in [2.45, 2.75) is 0 Å². The van der Waals surface area contributed by atoms with Gasteiger partial charge in [-0.3, -0.25) is 9.78 Å². The summed E-state index contributed by atoms with van der Waals surface area (Å²) in [5.41, 5.74) is 3.27. The van der Waals surface area contributed by atoms with Crippen molar-refractivity contribution in [3.63, 3.8) is 0 Å². The number of ketones is 1. The number of methoxy groups -OCH3 is 3. The molecule has 0 amide bonds. The first-order chi connectivity index (χ1) is 15.2. The van der Waals surface area contributed by atoms with Crippen LogP contribution in [0, 0.1) is 0 Å². The summed E-state index contributed by atoms with van der Waals surface area (Å²) in [6.07, 6.45) is 6.45. The summed E-state index contributed by atoms with van der Waals surface area (Å²) in [6, 6.07) is 12.6. The van der Waals surface area contributed by atoms with E-state index >= 15 is 0 Å². The van der Waals surface area contributed by atoms with E-state index in [-0.39, 0.29) is 5.78 Å². The van der Waals surface area contributed by atoms with Crippen molar-refractivity contribution in [3.05, 3.63) is 78.6 Å². The molecule has 0 spiro atoms. The molecule has 4 aromatic rings. The van der Waals surface area contributed by atoms with Crippen molar-refractivity contribution in [1.29, 1.82) is 0 Å². The molecule has 0 atom stereocenters. The molecule has 8 heteroatoms. The highest BCUT2D eigenvalue weighted by Crippen LogP contribution is 2.39. The number of rotatable bonds is 7. The molecule has 0 aliphatic rings. The normalized spacial score (nSPS) is 10.5. The second kappa shape index (κ2) is 8.66. The van der Waals surface area contributed by atoms with Crippen molar-refractivity contribution in [3.8, 4) is 34.1 Å². The van der Waals surface area contributed by atoms with Crippen molar-refractivity contribution >= 4 is 5.78 Å². The first kappa shape index (κ1) is 20.1. The van der Waals surface area contributed by atoms with Gasteiger partial charge in [0, 0.05) is 29.1 Å². The maximum atomic E-state index is 13.5. The molecule has 31 heavy (non-hydrogen) atoms. The van der Waals surface area contributed by atoms with E-state index in [0.717, 1.165) is 11.1 Å². The molecule has 0 bridgehead atoms. The lowest BCUT2D eigenvalue weighted by Crippen LogP contribution is -2.09. The quantitative estimate of drug-likeness (QED) is 0.426. The number of carbonyl (C=O) groups excluding carboxylic acids is 1. The summed E-state index contributed by atoms with van der Waals surface area (Å²) < 4.78 is 17.7. The van der Waals surface area contributed by atoms with Gasteiger partial charge in [-0.05, 0) is 35.9 Å². The molecule has 2 aromatic carbocycles. The highest BCUT2D eigenvalue weighted by Gasteiger charge is 2.21. The van der Waals surface area contributed by atoms with Gasteiger partial charge in [0.1, 0.15) is 12.7 Å². The second-order valence-corrected chi connectivity index (χ2v) is 6.56. The van der Waals surface area contributed by atoms with Gasteiger partial charge in [0.05, 0.1) is 27.0 Å². The van der Waals surface area contributed by atoms with E-state index in [0.29, 0.717) is 34.1 Å². The molecule has 0 unspecified atom stereocenters. The third kappa shape index (κ3) is 3.83. The number of pyridine rings is 1. The molecule has 0 N–H and O–H groups in total. The van der Waals surface area contributed by atoms with E-state index in [9.17, 15) is 4.79 Å². The fourth-order valence-corrected chi connectivity index (χ4v) is 3.33. The Labute approximate surface area is 179 Å². The molecule has 0 fully saturated rings. The van der Waals surface area contributed by atoms with Gasteiger partial charge in [-0.1, -0.05) is 12.1 Å². The monoisotopic (exact) mass is 416 g/mol. The minimum Gasteiger partial charge on any atom is -0.493 e. The smallest absolute Gasteiger partial charge is 0.203 e. The minimum atomic E-state index is -0.220. The van der Waals surface area contributed by atoms with Crippen LogP contribution in [0.1, 0.15) is 15.9 Å². The zero-order valence-corrected chi connectivity index (χ0v) is 17.3. The zero-order chi connectivity index (χ0) is 21.8. The van der Waals surface area contributed by atoms with Crippen molar-refractivity contribution in [2.24, 2.45) is 0 Å². The van der Waals surface area contributed by atoms with Crippen LogP contribution in [0.25, 0.3) is 16.8 Å². The Bertz CT molecular complexity index is 1180. The number of carbonyl (C=O) groups is 1. The number of hydrogen-bond donors (Lipinski definition) is 0. The van der Waals surface area contributed by atoms with Crippen LogP contribution in [0.2, 0.25) is 0 Å². The molecular weight excluding hydrogens is 396 g/mol. The summed E-state index contributed by atoms with van der Waals surface area (Å²) in [5, 5.41) is 4.22. The third-order valence-corrected chi connectivity index (χ3v) is 4.83. The van der Waals surface area contributed by atoms with Crippen LogP contribution in [0.3, 0.4) is 0 Å². The Balaban J connectivity index is 1.85. The first-order valence-corrected chi connectivity index (χ1v) is 9.40. The summed E-state index contributed by atoms with van der Waals surface area (Å²) in [7, 11) is 4.53. The van der Waals surface area contributed by atoms with Crippen molar-refractivity contribution in [2.75, 3.05) is 21.3 Å². The fraction of sp³-hybridized carbons (Fsp3) is 0.130. The molecule has 0 saturated heterocycles. The summed E-state index contributed by atoms with van der Waals surface area (Å²) >= 11 is 0. The average Bonchev–Trinajstić information content (AvgIpc) is 3.37. The van der Waals surface area contributed by atoms with Gasteiger partial charge in [-0.25, -0.2) is 9.67 Å². The van der Waals surface area contributed by atoms with E-state index in [1.807, 2.05) is 24.3 Å². The molecule has 4 rings (SSSR count). The maximum absolute atomic E-state index is 13.5. The topological polar surface area (TPSA) is 88.4 Å². The Kier molecular flexibility index (Phi) is 5.61. The lowest BCUT2D eigenvalue weighted by atomic mass is 9.97. The van der Waals surface area contributed by atoms with Gasteiger partial charge < -0.3 is 14.2 Å². The molecular formula is C23H20N4O4. The van der Waals surface area contributed by atoms with Gasteiger partial charge >= 0.3 is 0 Å². The lowest BCUT2D eigenvalue weighted by Gasteiger charge is -2.15. The van der Waals surface area contributed by atoms with Crippen LogP contribution in [-0.2, 0) is 0 Å². The van der Waals surface area contributed by atoms with E-state index in [2.05, 4.69) is 15.1 Å². The average molecular weight is 416 g/mol. The van der Waals surface area contributed by atoms with Gasteiger partial charge in [-0.2, -0.15) is 5.10 Å². The predicted octanol–water partition coefficient (Wildman–Crippen LogP) is 3.59. The van der Waals surface area contributed by atoms with Crippen LogP contribution in [0.4, 0.5) is 0 Å². The zero-order valence-electron chi connectivity index (χ0n) is 17.3. The highest BCUT2D eigenvalue weighted by atomic mass is 16.5. The predicted molar refractivity (Wildman–Crippen MR) is 114 cm³/mol. The van der Waals surface area contributed by atoms with E-state index < -0.39 is 0 Å². The molecule has 2 heterocycles. The molecule has 156 valence electrons. The Morgan fingerprint density at radius 3 is 2.26 bits per heavy atom. The number of nitrogens with zero attached hydrogens (tertiary/aromatic N) is 4. The molecule has 2 aromatic heterocycles. The SMILES string of the molecule is COc1cc(C(=O)c2ccc(-c3cccnc3)cc2-n2cncn2)cc(OC)c1OC. The maximum Gasteiger partial charge on any atom is 0.203 e. The van der Waals surface area contributed by atoms with Crippen LogP contribution in [0.5, 0.6) is 17.2 Å². The summed E-state index contributed by atoms with van der Waals surface area (Å²) in [5.74, 6) is 1.01. The van der Waals surface area contributed by atoms with Crippen LogP contribution in [0.15, 0.2) is 67.5 Å². The van der Waals surface area contributed by atoms with Crippen molar-refractivity contribution < 1.29 is 19.0 Å². The molecule has 0 radical (unpaired) electrons. The summed E-state index contributed by atoms with van der Waals surface area (Å²) in [6.45, 7) is 0. The number of hydrogen-bond acceptors (Lipinski definition) is 7. The molecule has 0 saturated carbocycles. The van der Waals surface area contributed by atoms with E-state index in [1.165, 1.54) is 27.7 Å². The van der Waals surface area contributed by atoms with E-state index in [1.54, 1.807) is 41.6 Å². The standard InChI is InChI=1S/C23H20N4O4/c1-29-20-10-17(11-21(30-2)23(20)31-3)22(28)18-7-6-15(16-5-4-8-24-12-16)9-19(18)27-14-25-13-26-27/h4-14H,1-3H3. The largest absolute Gasteiger partial charge is 0.493 e. The fourth-order valence-electron chi connectivity index (χ4n) is 3.33. The number of aromatic nitrogens is 4. The van der Waals surface area contributed by atoms with Gasteiger partial charge in [0.2, 0.25) is 5.75 Å². The van der Waals surface area contributed by atoms with Gasteiger partial charge in [0.15, 0.2) is 17.3 Å². The lowest BCUT2D eigenvalue weighted by molar-refractivity contribution is 0.103. The molecule has 0 aliphatic heterocycles. The third-order valence-electron chi connectivity index (χ3n) is 4.83. The van der Waals surface area contributed by atoms with Crippen molar-refractivity contribution in [1.82, 2.24) is 19.7 Å².